The fourth-order valence-corrected chi connectivity index (χ4v) is 2.59. The van der Waals surface area contributed by atoms with Gasteiger partial charge in [-0.2, -0.15) is 5.10 Å². The summed E-state index contributed by atoms with van der Waals surface area (Å²) < 4.78 is 4.00. The van der Waals surface area contributed by atoms with Gasteiger partial charge in [0.2, 0.25) is 0 Å². The summed E-state index contributed by atoms with van der Waals surface area (Å²) in [6.07, 6.45) is 12.9. The second-order valence-corrected chi connectivity index (χ2v) is 5.28. The molecule has 0 aliphatic carbocycles. The Morgan fingerprint density at radius 3 is 3.14 bits per heavy atom. The van der Waals surface area contributed by atoms with Crippen molar-refractivity contribution >= 4 is 11.0 Å². The molecule has 110 valence electrons. The number of rotatable bonds is 4. The van der Waals surface area contributed by atoms with Crippen LogP contribution < -0.4 is 0 Å². The zero-order chi connectivity index (χ0) is 14.9. The van der Waals surface area contributed by atoms with Crippen molar-refractivity contribution in [1.82, 2.24) is 34.3 Å². The third-order valence-corrected chi connectivity index (χ3v) is 3.71. The van der Waals surface area contributed by atoms with Gasteiger partial charge in [0, 0.05) is 42.3 Å². The minimum atomic E-state index is 0.228. The summed E-state index contributed by atoms with van der Waals surface area (Å²) in [5.74, 6) is 0. The van der Waals surface area contributed by atoms with E-state index in [4.69, 9.17) is 0 Å². The van der Waals surface area contributed by atoms with E-state index in [1.807, 2.05) is 46.4 Å². The van der Waals surface area contributed by atoms with Crippen molar-refractivity contribution in [2.45, 2.75) is 19.5 Å². The zero-order valence-electron chi connectivity index (χ0n) is 12.1. The number of H-pyrrole nitrogens is 1. The Balaban J connectivity index is 1.65. The molecule has 0 fully saturated rings. The third-order valence-electron chi connectivity index (χ3n) is 3.71. The van der Waals surface area contributed by atoms with E-state index in [1.54, 1.807) is 12.5 Å². The highest BCUT2D eigenvalue weighted by molar-refractivity contribution is 5.89. The van der Waals surface area contributed by atoms with Crippen LogP contribution in [0.4, 0.5) is 0 Å². The van der Waals surface area contributed by atoms with Gasteiger partial charge < -0.3 is 9.55 Å². The molecule has 22 heavy (non-hydrogen) atoms. The molecule has 4 heterocycles. The average Bonchev–Trinajstić information content (AvgIpc) is 3.27. The van der Waals surface area contributed by atoms with Gasteiger partial charge in [-0.1, -0.05) is 0 Å². The van der Waals surface area contributed by atoms with E-state index in [9.17, 15) is 0 Å². The van der Waals surface area contributed by atoms with Crippen LogP contribution in [0.1, 0.15) is 13.0 Å². The first-order valence-electron chi connectivity index (χ1n) is 7.09. The van der Waals surface area contributed by atoms with E-state index >= 15 is 0 Å². The van der Waals surface area contributed by atoms with Crippen molar-refractivity contribution in [3.8, 4) is 11.3 Å². The van der Waals surface area contributed by atoms with Crippen LogP contribution in [-0.4, -0.2) is 34.3 Å². The fraction of sp³-hybridized carbons (Fsp3) is 0.200. The van der Waals surface area contributed by atoms with Gasteiger partial charge in [-0.05, 0) is 13.0 Å². The van der Waals surface area contributed by atoms with E-state index in [-0.39, 0.29) is 6.04 Å². The average molecular weight is 293 g/mol. The molecule has 1 N–H and O–H groups in total. The predicted octanol–water partition coefficient (Wildman–Crippen LogP) is 2.28. The van der Waals surface area contributed by atoms with Crippen LogP contribution in [0.5, 0.6) is 0 Å². The smallest absolute Gasteiger partial charge is 0.141 e. The number of imidazole rings is 1. The van der Waals surface area contributed by atoms with Crippen molar-refractivity contribution in [2.75, 3.05) is 0 Å². The van der Waals surface area contributed by atoms with Crippen LogP contribution >= 0.6 is 0 Å². The van der Waals surface area contributed by atoms with Gasteiger partial charge in [-0.25, -0.2) is 15.0 Å². The summed E-state index contributed by atoms with van der Waals surface area (Å²) in [5.41, 5.74) is 2.72. The Morgan fingerprint density at radius 1 is 1.32 bits per heavy atom. The number of hydrogen-bond acceptors (Lipinski definition) is 4. The first kappa shape index (κ1) is 12.8. The zero-order valence-corrected chi connectivity index (χ0v) is 12.1. The molecule has 4 aromatic rings. The molecule has 7 heteroatoms. The molecule has 0 spiro atoms. The molecule has 0 amide bonds. The van der Waals surface area contributed by atoms with Gasteiger partial charge in [0.05, 0.1) is 24.3 Å². The van der Waals surface area contributed by atoms with Crippen molar-refractivity contribution in [1.29, 1.82) is 0 Å². The monoisotopic (exact) mass is 293 g/mol. The SMILES string of the molecule is CC(Cn1ccnc1)n1cc(-c2ncnc3[nH]ccc23)cn1. The predicted molar refractivity (Wildman–Crippen MR) is 82.0 cm³/mol. The lowest BCUT2D eigenvalue weighted by atomic mass is 10.2. The van der Waals surface area contributed by atoms with E-state index in [0.29, 0.717) is 0 Å². The quantitative estimate of drug-likeness (QED) is 0.626. The standard InChI is InChI=1S/C15H15N7/c1-11(7-21-5-4-16-10-21)22-8-12(6-20-22)14-13-2-3-17-15(13)19-9-18-14/h2-6,8-11H,7H2,1H3,(H,17,18,19). The summed E-state index contributed by atoms with van der Waals surface area (Å²) >= 11 is 0. The topological polar surface area (TPSA) is 77.2 Å². The normalized spacial score (nSPS) is 12.8. The summed E-state index contributed by atoms with van der Waals surface area (Å²) in [7, 11) is 0. The van der Waals surface area contributed by atoms with Gasteiger partial charge in [0.1, 0.15) is 12.0 Å². The van der Waals surface area contributed by atoms with E-state index in [2.05, 4.69) is 32.0 Å². The molecule has 7 nitrogen and oxygen atoms in total. The molecule has 0 saturated heterocycles. The highest BCUT2D eigenvalue weighted by Crippen LogP contribution is 2.25. The summed E-state index contributed by atoms with van der Waals surface area (Å²) in [5, 5.41) is 5.48. The molecule has 0 aliphatic rings. The van der Waals surface area contributed by atoms with Crippen LogP contribution in [-0.2, 0) is 6.54 Å². The number of nitrogens with zero attached hydrogens (tertiary/aromatic N) is 6. The van der Waals surface area contributed by atoms with Crippen LogP contribution in [0.2, 0.25) is 0 Å². The molecular formula is C15H15N7. The van der Waals surface area contributed by atoms with Crippen LogP contribution in [0.25, 0.3) is 22.3 Å². The Bertz CT molecular complexity index is 888. The summed E-state index contributed by atoms with van der Waals surface area (Å²) in [4.78, 5) is 15.8. The van der Waals surface area contributed by atoms with Crippen LogP contribution in [0, 0.1) is 0 Å². The largest absolute Gasteiger partial charge is 0.346 e. The first-order chi connectivity index (χ1) is 10.8. The number of hydrogen-bond donors (Lipinski definition) is 1. The number of aromatic amines is 1. The minimum Gasteiger partial charge on any atom is -0.346 e. The van der Waals surface area contributed by atoms with Gasteiger partial charge in [0.15, 0.2) is 0 Å². The van der Waals surface area contributed by atoms with Gasteiger partial charge >= 0.3 is 0 Å². The highest BCUT2D eigenvalue weighted by Gasteiger charge is 2.12. The Labute approximate surface area is 126 Å². The second kappa shape index (κ2) is 5.10. The van der Waals surface area contributed by atoms with Gasteiger partial charge in [-0.3, -0.25) is 4.68 Å². The third kappa shape index (κ3) is 2.16. The first-order valence-corrected chi connectivity index (χ1v) is 7.09. The van der Waals surface area contributed by atoms with Crippen molar-refractivity contribution in [2.24, 2.45) is 0 Å². The summed E-state index contributed by atoms with van der Waals surface area (Å²) in [6, 6.07) is 2.21. The molecule has 0 aliphatic heterocycles. The highest BCUT2D eigenvalue weighted by atomic mass is 15.3. The van der Waals surface area contributed by atoms with Crippen LogP contribution in [0.15, 0.2) is 49.7 Å². The van der Waals surface area contributed by atoms with E-state index in [0.717, 1.165) is 28.8 Å². The number of fused-ring (bicyclic) bond motifs is 1. The Morgan fingerprint density at radius 2 is 2.27 bits per heavy atom. The van der Waals surface area contributed by atoms with Gasteiger partial charge in [0.25, 0.3) is 0 Å². The molecule has 0 bridgehead atoms. The van der Waals surface area contributed by atoms with E-state index < -0.39 is 0 Å². The molecule has 0 aromatic carbocycles. The summed E-state index contributed by atoms with van der Waals surface area (Å²) in [6.45, 7) is 2.95. The van der Waals surface area contributed by atoms with Crippen molar-refractivity contribution < 1.29 is 0 Å². The maximum absolute atomic E-state index is 4.48. The minimum absolute atomic E-state index is 0.228. The number of aromatic nitrogens is 7. The maximum atomic E-state index is 4.48. The molecule has 0 saturated carbocycles. The number of nitrogens with one attached hydrogen (secondary N) is 1. The van der Waals surface area contributed by atoms with Crippen molar-refractivity contribution in [3.05, 3.63) is 49.7 Å². The molecule has 1 atom stereocenters. The molecule has 4 aromatic heterocycles. The molecule has 4 rings (SSSR count). The second-order valence-electron chi connectivity index (χ2n) is 5.28. The molecule has 0 radical (unpaired) electrons. The Hall–Kier alpha value is -2.96. The van der Waals surface area contributed by atoms with Crippen LogP contribution in [0.3, 0.4) is 0 Å². The lowest BCUT2D eigenvalue weighted by Gasteiger charge is -2.12. The van der Waals surface area contributed by atoms with Crippen molar-refractivity contribution in [3.63, 3.8) is 0 Å². The fourth-order valence-electron chi connectivity index (χ4n) is 2.59. The molecule has 1 unspecified atom stereocenters. The van der Waals surface area contributed by atoms with E-state index in [1.165, 1.54) is 0 Å². The Kier molecular flexibility index (Phi) is 2.96. The molecular weight excluding hydrogens is 278 g/mol. The lowest BCUT2D eigenvalue weighted by molar-refractivity contribution is 0.426. The lowest BCUT2D eigenvalue weighted by Crippen LogP contribution is -2.12. The van der Waals surface area contributed by atoms with Gasteiger partial charge in [-0.15, -0.1) is 0 Å². The maximum Gasteiger partial charge on any atom is 0.141 e.